The molecule has 0 radical (unpaired) electrons. The van der Waals surface area contributed by atoms with Crippen molar-refractivity contribution >= 4 is 59.0 Å². The minimum absolute atomic E-state index is 0. The number of hydrogen-bond donors (Lipinski definition) is 2. The Morgan fingerprint density at radius 3 is 2.67 bits per heavy atom. The van der Waals surface area contributed by atoms with Gasteiger partial charge in [0, 0.05) is 44.8 Å². The van der Waals surface area contributed by atoms with Crippen LogP contribution in [-0.2, 0) is 18.4 Å². The Morgan fingerprint density at radius 2 is 2.07 bits per heavy atom. The molecule has 1 atom stereocenters. The van der Waals surface area contributed by atoms with Crippen LogP contribution in [0.2, 0.25) is 10.2 Å². The normalized spacial score (nSPS) is 17.4. The molecule has 0 bridgehead atoms. The van der Waals surface area contributed by atoms with Gasteiger partial charge < -0.3 is 20.1 Å². The zero-order valence-corrected chi connectivity index (χ0v) is 20.1. The highest BCUT2D eigenvalue weighted by Gasteiger charge is 2.22. The van der Waals surface area contributed by atoms with E-state index in [2.05, 4.69) is 22.5 Å². The Morgan fingerprint density at radius 1 is 1.33 bits per heavy atom. The van der Waals surface area contributed by atoms with Gasteiger partial charge in [-0.15, -0.1) is 24.0 Å². The lowest BCUT2D eigenvalue weighted by Gasteiger charge is -2.33. The predicted molar refractivity (Wildman–Crippen MR) is 123 cm³/mol. The number of rotatable bonds is 6. The topological polar surface area (TPSA) is 61.7 Å². The summed E-state index contributed by atoms with van der Waals surface area (Å²) in [5.74, 6) is 0.891. The standard InChI is InChI=1S/C18H29Cl2N5O.HI/c1-4-21-18(23-12-14-11-15(19)17(20)24(14)3)22-9-8-16(26)25-10-6-5-7-13(25)2;/h11,13H,4-10,12H2,1-3H3,(H2,21,22,23);1H. The summed E-state index contributed by atoms with van der Waals surface area (Å²) < 4.78 is 1.82. The Labute approximate surface area is 189 Å². The first-order chi connectivity index (χ1) is 12.4. The second-order valence-corrected chi connectivity index (χ2v) is 7.40. The van der Waals surface area contributed by atoms with Crippen LogP contribution in [-0.4, -0.2) is 47.0 Å². The molecule has 1 aromatic heterocycles. The van der Waals surface area contributed by atoms with Crippen molar-refractivity contribution < 1.29 is 4.79 Å². The quantitative estimate of drug-likeness (QED) is 0.335. The summed E-state index contributed by atoms with van der Waals surface area (Å²) in [6.07, 6.45) is 3.89. The van der Waals surface area contributed by atoms with E-state index in [0.717, 1.165) is 31.6 Å². The van der Waals surface area contributed by atoms with Gasteiger partial charge in [-0.3, -0.25) is 4.79 Å². The molecule has 1 fully saturated rings. The minimum atomic E-state index is 0. The summed E-state index contributed by atoms with van der Waals surface area (Å²) in [6.45, 7) is 6.78. The van der Waals surface area contributed by atoms with E-state index in [1.807, 2.05) is 29.5 Å². The molecule has 1 aliphatic heterocycles. The van der Waals surface area contributed by atoms with Crippen LogP contribution in [0.5, 0.6) is 0 Å². The van der Waals surface area contributed by atoms with Crippen LogP contribution in [0.4, 0.5) is 0 Å². The number of hydrogen-bond acceptors (Lipinski definition) is 2. The number of guanidine groups is 1. The lowest BCUT2D eigenvalue weighted by Crippen LogP contribution is -2.44. The zero-order chi connectivity index (χ0) is 19.1. The highest BCUT2D eigenvalue weighted by atomic mass is 127. The summed E-state index contributed by atoms with van der Waals surface area (Å²) >= 11 is 12.1. The molecule has 154 valence electrons. The number of nitrogens with one attached hydrogen (secondary N) is 2. The lowest BCUT2D eigenvalue weighted by molar-refractivity contribution is -0.134. The third-order valence-corrected chi connectivity index (χ3v) is 5.56. The number of amides is 1. The maximum Gasteiger partial charge on any atom is 0.224 e. The second-order valence-electron chi connectivity index (χ2n) is 6.64. The van der Waals surface area contributed by atoms with Crippen LogP contribution >= 0.6 is 47.2 Å². The summed E-state index contributed by atoms with van der Waals surface area (Å²) in [6, 6.07) is 2.17. The van der Waals surface area contributed by atoms with E-state index >= 15 is 0 Å². The van der Waals surface area contributed by atoms with Crippen molar-refractivity contribution in [1.82, 2.24) is 20.1 Å². The van der Waals surface area contributed by atoms with Crippen LogP contribution in [0, 0.1) is 0 Å². The molecule has 1 saturated heterocycles. The molecule has 1 aromatic rings. The maximum absolute atomic E-state index is 12.4. The number of nitrogens with zero attached hydrogens (tertiary/aromatic N) is 3. The fraction of sp³-hybridized carbons (Fsp3) is 0.667. The predicted octanol–water partition coefficient (Wildman–Crippen LogP) is 3.80. The Bertz CT molecular complexity index is 650. The van der Waals surface area contributed by atoms with E-state index in [9.17, 15) is 4.79 Å². The summed E-state index contributed by atoms with van der Waals surface area (Å²) in [5, 5.41) is 7.46. The number of aromatic nitrogens is 1. The Balaban J connectivity index is 0.00000364. The lowest BCUT2D eigenvalue weighted by atomic mass is 10.0. The van der Waals surface area contributed by atoms with Gasteiger partial charge in [-0.05, 0) is 39.2 Å². The van der Waals surface area contributed by atoms with Gasteiger partial charge in [0.15, 0.2) is 5.96 Å². The van der Waals surface area contributed by atoms with E-state index in [4.69, 9.17) is 23.2 Å². The first-order valence-corrected chi connectivity index (χ1v) is 10.0. The van der Waals surface area contributed by atoms with Crippen molar-refractivity contribution in [3.05, 3.63) is 21.9 Å². The number of carbonyl (C=O) groups excluding carboxylic acids is 1. The van der Waals surface area contributed by atoms with E-state index < -0.39 is 0 Å². The van der Waals surface area contributed by atoms with Gasteiger partial charge >= 0.3 is 0 Å². The number of carbonyl (C=O) groups is 1. The highest BCUT2D eigenvalue weighted by Crippen LogP contribution is 2.25. The van der Waals surface area contributed by atoms with Crippen LogP contribution < -0.4 is 10.6 Å². The zero-order valence-electron chi connectivity index (χ0n) is 16.2. The molecule has 0 saturated carbocycles. The van der Waals surface area contributed by atoms with Crippen molar-refractivity contribution in [2.24, 2.45) is 12.0 Å². The van der Waals surface area contributed by atoms with Crippen molar-refractivity contribution in [1.29, 1.82) is 0 Å². The average molecular weight is 530 g/mol. The monoisotopic (exact) mass is 529 g/mol. The Kier molecular flexibility index (Phi) is 10.8. The van der Waals surface area contributed by atoms with Crippen molar-refractivity contribution in [2.75, 3.05) is 19.6 Å². The van der Waals surface area contributed by atoms with E-state index in [1.54, 1.807) is 0 Å². The van der Waals surface area contributed by atoms with Crippen molar-refractivity contribution in [3.63, 3.8) is 0 Å². The molecular weight excluding hydrogens is 500 g/mol. The molecule has 0 aromatic carbocycles. The second kappa shape index (κ2) is 12.0. The maximum atomic E-state index is 12.4. The number of likely N-dealkylation sites (tertiary alicyclic amines) is 1. The van der Waals surface area contributed by atoms with Gasteiger partial charge in [0.1, 0.15) is 5.15 Å². The van der Waals surface area contributed by atoms with E-state index in [0.29, 0.717) is 41.7 Å². The largest absolute Gasteiger partial charge is 0.357 e. The van der Waals surface area contributed by atoms with Gasteiger partial charge in [0.05, 0.1) is 11.6 Å². The van der Waals surface area contributed by atoms with Crippen LogP contribution in [0.1, 0.15) is 45.2 Å². The summed E-state index contributed by atoms with van der Waals surface area (Å²) in [4.78, 5) is 19.0. The molecule has 1 unspecified atom stereocenters. The number of piperidine rings is 1. The van der Waals surface area contributed by atoms with Gasteiger partial charge in [0.25, 0.3) is 0 Å². The molecule has 2 N–H and O–H groups in total. The fourth-order valence-electron chi connectivity index (χ4n) is 3.14. The van der Waals surface area contributed by atoms with Gasteiger partial charge in [-0.1, -0.05) is 23.2 Å². The fourth-order valence-corrected chi connectivity index (χ4v) is 3.56. The first kappa shape index (κ1) is 24.4. The van der Waals surface area contributed by atoms with E-state index in [-0.39, 0.29) is 29.9 Å². The highest BCUT2D eigenvalue weighted by molar-refractivity contribution is 14.0. The van der Waals surface area contributed by atoms with E-state index in [1.165, 1.54) is 6.42 Å². The molecule has 0 aliphatic carbocycles. The number of halogens is 3. The van der Waals surface area contributed by atoms with Crippen molar-refractivity contribution in [2.45, 2.75) is 52.1 Å². The van der Waals surface area contributed by atoms with Gasteiger partial charge in [0.2, 0.25) is 5.91 Å². The smallest absolute Gasteiger partial charge is 0.224 e. The molecule has 0 spiro atoms. The van der Waals surface area contributed by atoms with Gasteiger partial charge in [-0.2, -0.15) is 0 Å². The SMILES string of the molecule is CCNC(=NCc1cc(Cl)c(Cl)n1C)NCCC(=O)N1CCCCC1C.I. The molecule has 27 heavy (non-hydrogen) atoms. The molecule has 9 heteroatoms. The van der Waals surface area contributed by atoms with Crippen molar-refractivity contribution in [3.8, 4) is 0 Å². The summed E-state index contributed by atoms with van der Waals surface area (Å²) in [5.41, 5.74) is 0.926. The molecular formula is C18H30Cl2IN5O. The van der Waals surface area contributed by atoms with Gasteiger partial charge in [-0.25, -0.2) is 4.99 Å². The van der Waals surface area contributed by atoms with Crippen LogP contribution in [0.3, 0.4) is 0 Å². The molecule has 2 rings (SSSR count). The Hall–Kier alpha value is -0.670. The van der Waals surface area contributed by atoms with Crippen LogP contribution in [0.25, 0.3) is 0 Å². The number of aliphatic imine (C=N–C) groups is 1. The third-order valence-electron chi connectivity index (χ3n) is 4.71. The molecule has 1 aliphatic rings. The average Bonchev–Trinajstić information content (AvgIpc) is 2.87. The molecule has 6 nitrogen and oxygen atoms in total. The third kappa shape index (κ3) is 7.02. The van der Waals surface area contributed by atoms with Crippen LogP contribution in [0.15, 0.2) is 11.1 Å². The molecule has 1 amide bonds. The minimum Gasteiger partial charge on any atom is -0.357 e. The first-order valence-electron chi connectivity index (χ1n) is 9.25. The molecule has 2 heterocycles. The summed E-state index contributed by atoms with van der Waals surface area (Å²) in [7, 11) is 1.86.